The van der Waals surface area contributed by atoms with Crippen LogP contribution in [0.5, 0.6) is 0 Å². The zero-order valence-corrected chi connectivity index (χ0v) is 10.9. The van der Waals surface area contributed by atoms with Crippen molar-refractivity contribution in [3.8, 4) is 17.3 Å². The average molecular weight is 252 g/mol. The van der Waals surface area contributed by atoms with E-state index < -0.39 is 0 Å². The van der Waals surface area contributed by atoms with Crippen LogP contribution in [0, 0.1) is 11.3 Å². The zero-order valence-electron chi connectivity index (χ0n) is 10.9. The number of anilines is 1. The highest BCUT2D eigenvalue weighted by Gasteiger charge is 2.14. The third kappa shape index (κ3) is 2.36. The van der Waals surface area contributed by atoms with Gasteiger partial charge >= 0.3 is 0 Å². The van der Waals surface area contributed by atoms with Crippen molar-refractivity contribution in [1.82, 2.24) is 9.55 Å². The quantitative estimate of drug-likeness (QED) is 0.851. The lowest BCUT2D eigenvalue weighted by atomic mass is 10.1. The van der Waals surface area contributed by atoms with Crippen LogP contribution in [-0.4, -0.2) is 9.55 Å². The summed E-state index contributed by atoms with van der Waals surface area (Å²) in [6, 6.07) is 9.45. The summed E-state index contributed by atoms with van der Waals surface area (Å²) in [5.74, 6) is 1.54. The van der Waals surface area contributed by atoms with Gasteiger partial charge in [0.2, 0.25) is 0 Å². The standard InChI is InChI=1S/C15H16N4/c1-3-8-19-13(4-2)18-14(15(19)17)12-7-5-6-11(9-12)10-16/h3,5-7,9H,1,4,8,17H2,2H3. The summed E-state index contributed by atoms with van der Waals surface area (Å²) >= 11 is 0. The Kier molecular flexibility index (Phi) is 3.67. The van der Waals surface area contributed by atoms with E-state index in [1.165, 1.54) is 0 Å². The highest BCUT2D eigenvalue weighted by atomic mass is 15.1. The maximum atomic E-state index is 8.95. The lowest BCUT2D eigenvalue weighted by Gasteiger charge is -2.05. The molecular formula is C15H16N4. The monoisotopic (exact) mass is 252 g/mol. The van der Waals surface area contributed by atoms with E-state index in [4.69, 9.17) is 11.0 Å². The summed E-state index contributed by atoms with van der Waals surface area (Å²) in [5.41, 5.74) is 8.37. The highest BCUT2D eigenvalue weighted by molar-refractivity contribution is 5.72. The molecule has 0 radical (unpaired) electrons. The van der Waals surface area contributed by atoms with Crippen LogP contribution in [0.15, 0.2) is 36.9 Å². The van der Waals surface area contributed by atoms with Crippen molar-refractivity contribution in [1.29, 1.82) is 5.26 Å². The molecule has 2 N–H and O–H groups in total. The number of hydrogen-bond donors (Lipinski definition) is 1. The van der Waals surface area contributed by atoms with Gasteiger partial charge in [-0.1, -0.05) is 25.1 Å². The third-order valence-electron chi connectivity index (χ3n) is 2.98. The molecule has 2 aromatic rings. The average Bonchev–Trinajstić information content (AvgIpc) is 2.76. The topological polar surface area (TPSA) is 67.6 Å². The molecule has 0 fully saturated rings. The Balaban J connectivity index is 2.56. The van der Waals surface area contributed by atoms with Gasteiger partial charge in [-0.3, -0.25) is 0 Å². The fourth-order valence-corrected chi connectivity index (χ4v) is 2.06. The molecular weight excluding hydrogens is 236 g/mol. The molecule has 4 nitrogen and oxygen atoms in total. The molecule has 4 heteroatoms. The largest absolute Gasteiger partial charge is 0.383 e. The second-order valence-electron chi connectivity index (χ2n) is 4.21. The molecule has 0 saturated carbocycles. The zero-order chi connectivity index (χ0) is 13.8. The molecule has 0 unspecified atom stereocenters. The first-order valence-electron chi connectivity index (χ1n) is 6.17. The number of nitrogen functional groups attached to an aromatic ring is 1. The van der Waals surface area contributed by atoms with Gasteiger partial charge in [-0.15, -0.1) is 6.58 Å². The lowest BCUT2D eigenvalue weighted by Crippen LogP contribution is -2.05. The van der Waals surface area contributed by atoms with Gasteiger partial charge in [0.1, 0.15) is 17.3 Å². The Morgan fingerprint density at radius 1 is 1.53 bits per heavy atom. The summed E-state index contributed by atoms with van der Waals surface area (Å²) in [4.78, 5) is 4.57. The van der Waals surface area contributed by atoms with Gasteiger partial charge in [0.25, 0.3) is 0 Å². The first kappa shape index (κ1) is 12.9. The van der Waals surface area contributed by atoms with Crippen LogP contribution in [-0.2, 0) is 13.0 Å². The Labute approximate surface area is 112 Å². The van der Waals surface area contributed by atoms with Gasteiger partial charge in [0.05, 0.1) is 11.6 Å². The van der Waals surface area contributed by atoms with Crippen molar-refractivity contribution < 1.29 is 0 Å². The van der Waals surface area contributed by atoms with E-state index in [9.17, 15) is 0 Å². The van der Waals surface area contributed by atoms with Gasteiger partial charge in [0.15, 0.2) is 0 Å². The summed E-state index contributed by atoms with van der Waals surface area (Å²) in [6.07, 6.45) is 2.60. The van der Waals surface area contributed by atoms with E-state index in [-0.39, 0.29) is 0 Å². The molecule has 96 valence electrons. The Hall–Kier alpha value is -2.54. The molecule has 1 heterocycles. The minimum atomic E-state index is 0.605. The molecule has 0 aliphatic carbocycles. The van der Waals surface area contributed by atoms with Crippen molar-refractivity contribution in [2.75, 3.05) is 5.73 Å². The van der Waals surface area contributed by atoms with Crippen LogP contribution in [0.2, 0.25) is 0 Å². The maximum absolute atomic E-state index is 8.95. The smallest absolute Gasteiger partial charge is 0.132 e. The van der Waals surface area contributed by atoms with Gasteiger partial charge in [-0.25, -0.2) is 4.98 Å². The van der Waals surface area contributed by atoms with Crippen LogP contribution >= 0.6 is 0 Å². The number of aryl methyl sites for hydroxylation is 1. The second kappa shape index (κ2) is 5.40. The molecule has 0 aliphatic rings. The van der Waals surface area contributed by atoms with Crippen molar-refractivity contribution in [2.45, 2.75) is 19.9 Å². The van der Waals surface area contributed by atoms with E-state index >= 15 is 0 Å². The number of nitrogens with two attached hydrogens (primary N) is 1. The summed E-state index contributed by atoms with van der Waals surface area (Å²) < 4.78 is 1.95. The molecule has 1 aromatic heterocycles. The van der Waals surface area contributed by atoms with Crippen molar-refractivity contribution in [2.24, 2.45) is 0 Å². The first-order chi connectivity index (χ1) is 9.21. The highest BCUT2D eigenvalue weighted by Crippen LogP contribution is 2.27. The number of hydrogen-bond acceptors (Lipinski definition) is 3. The molecule has 0 aliphatic heterocycles. The van der Waals surface area contributed by atoms with Gasteiger partial charge < -0.3 is 10.3 Å². The third-order valence-corrected chi connectivity index (χ3v) is 2.98. The van der Waals surface area contributed by atoms with E-state index in [0.29, 0.717) is 17.9 Å². The van der Waals surface area contributed by atoms with Gasteiger partial charge in [0, 0.05) is 18.5 Å². The fourth-order valence-electron chi connectivity index (χ4n) is 2.06. The first-order valence-corrected chi connectivity index (χ1v) is 6.17. The van der Waals surface area contributed by atoms with E-state index in [1.807, 2.05) is 23.6 Å². The van der Waals surface area contributed by atoms with Crippen LogP contribution < -0.4 is 5.73 Å². The van der Waals surface area contributed by atoms with Gasteiger partial charge in [-0.05, 0) is 12.1 Å². The van der Waals surface area contributed by atoms with Crippen LogP contribution in [0.4, 0.5) is 5.82 Å². The maximum Gasteiger partial charge on any atom is 0.132 e. The molecule has 0 atom stereocenters. The molecule has 2 rings (SSSR count). The van der Waals surface area contributed by atoms with Crippen molar-refractivity contribution >= 4 is 5.82 Å². The fraction of sp³-hybridized carbons (Fsp3) is 0.200. The normalized spacial score (nSPS) is 10.1. The summed E-state index contributed by atoms with van der Waals surface area (Å²) in [6.45, 7) is 6.41. The number of nitriles is 1. The summed E-state index contributed by atoms with van der Waals surface area (Å²) in [5, 5.41) is 8.95. The molecule has 0 saturated heterocycles. The van der Waals surface area contributed by atoms with Crippen molar-refractivity contribution in [3.05, 3.63) is 48.3 Å². The number of nitrogens with zero attached hydrogens (tertiary/aromatic N) is 3. The Morgan fingerprint density at radius 2 is 2.32 bits per heavy atom. The predicted molar refractivity (Wildman–Crippen MR) is 76.4 cm³/mol. The molecule has 0 spiro atoms. The predicted octanol–water partition coefficient (Wildman–Crippen LogP) is 2.75. The van der Waals surface area contributed by atoms with Crippen LogP contribution in [0.25, 0.3) is 11.3 Å². The number of imidazole rings is 1. The second-order valence-corrected chi connectivity index (χ2v) is 4.21. The van der Waals surface area contributed by atoms with Crippen molar-refractivity contribution in [3.63, 3.8) is 0 Å². The summed E-state index contributed by atoms with van der Waals surface area (Å²) in [7, 11) is 0. The van der Waals surface area contributed by atoms with Crippen LogP contribution in [0.1, 0.15) is 18.3 Å². The lowest BCUT2D eigenvalue weighted by molar-refractivity contribution is 0.757. The number of rotatable bonds is 4. The number of benzene rings is 1. The van der Waals surface area contributed by atoms with Gasteiger partial charge in [-0.2, -0.15) is 5.26 Å². The molecule has 1 aromatic carbocycles. The van der Waals surface area contributed by atoms with Crippen LogP contribution in [0.3, 0.4) is 0 Å². The van der Waals surface area contributed by atoms with E-state index in [1.54, 1.807) is 18.2 Å². The SMILES string of the molecule is C=CCn1c(CC)nc(-c2cccc(C#N)c2)c1N. The molecule has 0 bridgehead atoms. The Morgan fingerprint density at radius 3 is 2.95 bits per heavy atom. The van der Waals surface area contributed by atoms with E-state index in [0.717, 1.165) is 23.5 Å². The Bertz CT molecular complexity index is 647. The molecule has 19 heavy (non-hydrogen) atoms. The van der Waals surface area contributed by atoms with E-state index in [2.05, 4.69) is 17.6 Å². The number of allylic oxidation sites excluding steroid dienone is 1. The minimum Gasteiger partial charge on any atom is -0.383 e. The molecule has 0 amide bonds. The minimum absolute atomic E-state index is 0.605. The number of aromatic nitrogens is 2.